The summed E-state index contributed by atoms with van der Waals surface area (Å²) in [5, 5.41) is 3.11. The Labute approximate surface area is 177 Å². The maximum atomic E-state index is 12.3. The van der Waals surface area contributed by atoms with E-state index in [1.54, 1.807) is 36.4 Å². The molecule has 0 aliphatic rings. The van der Waals surface area contributed by atoms with Gasteiger partial charge < -0.3 is 28.7 Å². The fourth-order valence-electron chi connectivity index (χ4n) is 2.87. The highest BCUT2D eigenvalue weighted by Crippen LogP contribution is 2.27. The zero-order chi connectivity index (χ0) is 22.4. The van der Waals surface area contributed by atoms with Gasteiger partial charge in [0.1, 0.15) is 5.56 Å². The van der Waals surface area contributed by atoms with Crippen LogP contribution in [0.3, 0.4) is 0 Å². The second-order valence-electron chi connectivity index (χ2n) is 6.37. The average Bonchev–Trinajstić information content (AvgIpc) is 2.80. The second kappa shape index (κ2) is 9.66. The van der Waals surface area contributed by atoms with E-state index in [9.17, 15) is 14.4 Å². The third-order valence-corrected chi connectivity index (χ3v) is 4.44. The molecule has 31 heavy (non-hydrogen) atoms. The van der Waals surface area contributed by atoms with E-state index in [2.05, 4.69) is 5.32 Å². The monoisotopic (exact) mass is 427 g/mol. The van der Waals surface area contributed by atoms with Crippen LogP contribution in [-0.4, -0.2) is 39.8 Å². The van der Waals surface area contributed by atoms with Crippen LogP contribution in [0.15, 0.2) is 51.7 Å². The van der Waals surface area contributed by atoms with Crippen molar-refractivity contribution in [2.24, 2.45) is 0 Å². The molecular formula is C22H21NO8. The first-order valence-electron chi connectivity index (χ1n) is 9.22. The predicted molar refractivity (Wildman–Crippen MR) is 111 cm³/mol. The highest BCUT2D eigenvalue weighted by molar-refractivity contribution is 5.95. The topological polar surface area (TPSA) is 113 Å². The summed E-state index contributed by atoms with van der Waals surface area (Å²) in [5.74, 6) is -0.0301. The summed E-state index contributed by atoms with van der Waals surface area (Å²) in [6.45, 7) is -0.365. The molecule has 1 amide bonds. The van der Waals surface area contributed by atoms with Crippen LogP contribution in [-0.2, 0) is 16.1 Å². The van der Waals surface area contributed by atoms with Crippen molar-refractivity contribution in [2.75, 3.05) is 27.9 Å². The van der Waals surface area contributed by atoms with Crippen LogP contribution in [0.1, 0.15) is 15.9 Å². The van der Waals surface area contributed by atoms with E-state index in [1.165, 1.54) is 27.4 Å². The minimum atomic E-state index is -0.959. The minimum absolute atomic E-state index is 0.189. The first kappa shape index (κ1) is 21.7. The molecule has 162 valence electrons. The summed E-state index contributed by atoms with van der Waals surface area (Å²) in [6, 6.07) is 11.5. The summed E-state index contributed by atoms with van der Waals surface area (Å²) < 4.78 is 25.7. The fourth-order valence-corrected chi connectivity index (χ4v) is 2.87. The molecule has 3 aromatic rings. The molecule has 0 saturated carbocycles. The Hall–Kier alpha value is -4.01. The minimum Gasteiger partial charge on any atom is -0.493 e. The van der Waals surface area contributed by atoms with Crippen molar-refractivity contribution in [2.45, 2.75) is 6.54 Å². The van der Waals surface area contributed by atoms with Gasteiger partial charge in [-0.05, 0) is 29.8 Å². The number of carbonyl (C=O) groups is 2. The van der Waals surface area contributed by atoms with E-state index in [-0.39, 0.29) is 17.7 Å². The zero-order valence-electron chi connectivity index (χ0n) is 17.2. The zero-order valence-corrected chi connectivity index (χ0v) is 17.2. The summed E-state index contributed by atoms with van der Waals surface area (Å²) in [5.41, 5.74) is -0.207. The van der Waals surface area contributed by atoms with Crippen LogP contribution in [0, 0.1) is 0 Å². The number of rotatable bonds is 8. The molecule has 0 bridgehead atoms. The van der Waals surface area contributed by atoms with Gasteiger partial charge >= 0.3 is 11.6 Å². The lowest BCUT2D eigenvalue weighted by Crippen LogP contribution is -2.29. The third kappa shape index (κ3) is 4.95. The average molecular weight is 427 g/mol. The summed E-state index contributed by atoms with van der Waals surface area (Å²) in [7, 11) is 4.48. The Bertz CT molecular complexity index is 1170. The predicted octanol–water partition coefficient (Wildman–Crippen LogP) is 2.29. The standard InChI is InChI=1S/C22H21NO8/c1-27-16-8-7-13(9-18(16)29-3)11-23-19(24)12-30-21(25)15-10-14-5-4-6-17(28-2)20(14)31-22(15)26/h4-10H,11-12H2,1-3H3,(H,23,24). The van der Waals surface area contributed by atoms with E-state index in [1.807, 2.05) is 0 Å². The first-order chi connectivity index (χ1) is 15.0. The van der Waals surface area contributed by atoms with E-state index in [0.29, 0.717) is 22.6 Å². The van der Waals surface area contributed by atoms with Crippen LogP contribution >= 0.6 is 0 Å². The SMILES string of the molecule is COc1ccc(CNC(=O)COC(=O)c2cc3cccc(OC)c3oc2=O)cc1OC. The number of amides is 1. The van der Waals surface area contributed by atoms with Gasteiger partial charge in [0.2, 0.25) is 0 Å². The van der Waals surface area contributed by atoms with Crippen molar-refractivity contribution in [1.82, 2.24) is 5.32 Å². The molecule has 0 aliphatic heterocycles. The number of methoxy groups -OCH3 is 3. The Morgan fingerprint density at radius 1 is 0.935 bits per heavy atom. The van der Waals surface area contributed by atoms with Crippen LogP contribution < -0.4 is 25.2 Å². The number of para-hydroxylation sites is 1. The molecule has 0 atom stereocenters. The number of hydrogen-bond acceptors (Lipinski definition) is 8. The van der Waals surface area contributed by atoms with E-state index >= 15 is 0 Å². The van der Waals surface area contributed by atoms with Crippen LogP contribution in [0.5, 0.6) is 17.2 Å². The molecule has 1 N–H and O–H groups in total. The Morgan fingerprint density at radius 3 is 2.39 bits per heavy atom. The highest BCUT2D eigenvalue weighted by atomic mass is 16.5. The van der Waals surface area contributed by atoms with Gasteiger partial charge in [-0.15, -0.1) is 0 Å². The Kier molecular flexibility index (Phi) is 6.76. The van der Waals surface area contributed by atoms with E-state index < -0.39 is 24.1 Å². The maximum absolute atomic E-state index is 12.3. The van der Waals surface area contributed by atoms with Crippen LogP contribution in [0.25, 0.3) is 11.0 Å². The van der Waals surface area contributed by atoms with Crippen molar-refractivity contribution in [3.05, 3.63) is 64.0 Å². The van der Waals surface area contributed by atoms with Crippen LogP contribution in [0.2, 0.25) is 0 Å². The van der Waals surface area contributed by atoms with Gasteiger partial charge in [-0.25, -0.2) is 9.59 Å². The van der Waals surface area contributed by atoms with E-state index in [0.717, 1.165) is 5.56 Å². The summed E-state index contributed by atoms with van der Waals surface area (Å²) >= 11 is 0. The molecule has 0 aliphatic carbocycles. The first-order valence-corrected chi connectivity index (χ1v) is 9.22. The number of ether oxygens (including phenoxy) is 4. The lowest BCUT2D eigenvalue weighted by molar-refractivity contribution is -0.124. The molecule has 9 heteroatoms. The lowest BCUT2D eigenvalue weighted by atomic mass is 10.2. The highest BCUT2D eigenvalue weighted by Gasteiger charge is 2.18. The fraction of sp³-hybridized carbons (Fsp3) is 0.227. The van der Waals surface area contributed by atoms with Crippen molar-refractivity contribution in [3.63, 3.8) is 0 Å². The van der Waals surface area contributed by atoms with Gasteiger partial charge in [0, 0.05) is 11.9 Å². The third-order valence-electron chi connectivity index (χ3n) is 4.44. The number of nitrogens with one attached hydrogen (secondary N) is 1. The molecular weight excluding hydrogens is 406 g/mol. The molecule has 1 aromatic heterocycles. The molecule has 3 rings (SSSR count). The number of fused-ring (bicyclic) bond motifs is 1. The van der Waals surface area contributed by atoms with E-state index in [4.69, 9.17) is 23.4 Å². The molecule has 0 spiro atoms. The Balaban J connectivity index is 1.61. The van der Waals surface area contributed by atoms with Gasteiger partial charge in [0.05, 0.1) is 21.3 Å². The van der Waals surface area contributed by atoms with Gasteiger partial charge in [0.15, 0.2) is 29.4 Å². The normalized spacial score (nSPS) is 10.4. The van der Waals surface area contributed by atoms with Gasteiger partial charge in [-0.1, -0.05) is 18.2 Å². The molecule has 9 nitrogen and oxygen atoms in total. The van der Waals surface area contributed by atoms with Crippen molar-refractivity contribution in [1.29, 1.82) is 0 Å². The van der Waals surface area contributed by atoms with Crippen molar-refractivity contribution in [3.8, 4) is 17.2 Å². The molecule has 1 heterocycles. The lowest BCUT2D eigenvalue weighted by Gasteiger charge is -2.10. The smallest absolute Gasteiger partial charge is 0.351 e. The largest absolute Gasteiger partial charge is 0.493 e. The van der Waals surface area contributed by atoms with Crippen LogP contribution in [0.4, 0.5) is 0 Å². The van der Waals surface area contributed by atoms with Gasteiger partial charge in [0.25, 0.3) is 5.91 Å². The number of benzene rings is 2. The quantitative estimate of drug-likeness (QED) is 0.430. The number of carbonyl (C=O) groups excluding carboxylic acids is 2. The molecule has 0 fully saturated rings. The van der Waals surface area contributed by atoms with Crippen molar-refractivity contribution >= 4 is 22.8 Å². The summed E-state index contributed by atoms with van der Waals surface area (Å²) in [6.07, 6.45) is 0. The van der Waals surface area contributed by atoms with Gasteiger partial charge in [-0.3, -0.25) is 4.79 Å². The molecule has 0 saturated heterocycles. The second-order valence-corrected chi connectivity index (χ2v) is 6.37. The molecule has 2 aromatic carbocycles. The molecule has 0 unspecified atom stereocenters. The van der Waals surface area contributed by atoms with Gasteiger partial charge in [-0.2, -0.15) is 0 Å². The van der Waals surface area contributed by atoms with Crippen molar-refractivity contribution < 1.29 is 33.0 Å². The molecule has 0 radical (unpaired) electrons. The maximum Gasteiger partial charge on any atom is 0.351 e. The Morgan fingerprint density at radius 2 is 1.68 bits per heavy atom. The number of hydrogen-bond donors (Lipinski definition) is 1. The number of esters is 1. The summed E-state index contributed by atoms with van der Waals surface area (Å²) in [4.78, 5) is 36.5.